The molecule has 0 spiro atoms. The molecule has 70 valence electrons. The maximum absolute atomic E-state index is 2.47. The lowest BCUT2D eigenvalue weighted by Crippen LogP contribution is -1.75. The van der Waals surface area contributed by atoms with Crippen molar-refractivity contribution < 1.29 is 0 Å². The van der Waals surface area contributed by atoms with Gasteiger partial charge < -0.3 is 0 Å². The van der Waals surface area contributed by atoms with Crippen molar-refractivity contribution in [2.45, 2.75) is 51.9 Å². The summed E-state index contributed by atoms with van der Waals surface area (Å²) in [7, 11) is 0. The van der Waals surface area contributed by atoms with E-state index in [0.717, 1.165) is 0 Å². The molecule has 0 nitrogen and oxygen atoms in total. The van der Waals surface area contributed by atoms with Crippen molar-refractivity contribution in [1.29, 1.82) is 0 Å². The minimum atomic E-state index is 1.32. The van der Waals surface area contributed by atoms with E-state index in [1.165, 1.54) is 50.7 Å². The SMILES string of the molecule is CCCCCC/C=C1/CCCS1. The second kappa shape index (κ2) is 6.59. The second-order valence-corrected chi connectivity index (χ2v) is 4.69. The van der Waals surface area contributed by atoms with Gasteiger partial charge in [-0.2, -0.15) is 0 Å². The summed E-state index contributed by atoms with van der Waals surface area (Å²) in [5.41, 5.74) is 0. The summed E-state index contributed by atoms with van der Waals surface area (Å²) in [6.07, 6.45) is 12.1. The Balaban J connectivity index is 1.96. The summed E-state index contributed by atoms with van der Waals surface area (Å²) in [5.74, 6) is 1.36. The van der Waals surface area contributed by atoms with E-state index in [4.69, 9.17) is 0 Å². The summed E-state index contributed by atoms with van der Waals surface area (Å²) in [5, 5.41) is 0. The highest BCUT2D eigenvalue weighted by Gasteiger charge is 2.05. The summed E-state index contributed by atoms with van der Waals surface area (Å²) in [4.78, 5) is 1.66. The molecule has 1 aliphatic heterocycles. The molecule has 0 aromatic carbocycles. The Morgan fingerprint density at radius 3 is 2.92 bits per heavy atom. The molecule has 1 rings (SSSR count). The molecule has 1 heterocycles. The average Bonchev–Trinajstić information content (AvgIpc) is 2.57. The third-order valence-corrected chi connectivity index (χ3v) is 3.52. The molecule has 0 saturated carbocycles. The fraction of sp³-hybridized carbons (Fsp3) is 0.818. The van der Waals surface area contributed by atoms with Gasteiger partial charge >= 0.3 is 0 Å². The first-order valence-electron chi connectivity index (χ1n) is 5.25. The number of allylic oxidation sites excluding steroid dienone is 2. The van der Waals surface area contributed by atoms with Crippen LogP contribution in [0.25, 0.3) is 0 Å². The molecule has 1 fully saturated rings. The van der Waals surface area contributed by atoms with Crippen LogP contribution in [0, 0.1) is 0 Å². The van der Waals surface area contributed by atoms with Crippen LogP contribution < -0.4 is 0 Å². The van der Waals surface area contributed by atoms with Gasteiger partial charge in [-0.1, -0.05) is 32.3 Å². The molecule has 0 unspecified atom stereocenters. The van der Waals surface area contributed by atoms with E-state index in [-0.39, 0.29) is 0 Å². The predicted molar refractivity (Wildman–Crippen MR) is 58.5 cm³/mol. The van der Waals surface area contributed by atoms with E-state index in [1.54, 1.807) is 4.91 Å². The molecular formula is C11H20S. The van der Waals surface area contributed by atoms with Gasteiger partial charge in [-0.05, 0) is 36.3 Å². The van der Waals surface area contributed by atoms with Gasteiger partial charge in [0.1, 0.15) is 0 Å². The lowest BCUT2D eigenvalue weighted by molar-refractivity contribution is 0.673. The average molecular weight is 184 g/mol. The minimum absolute atomic E-state index is 1.32. The molecule has 0 aromatic heterocycles. The first-order chi connectivity index (χ1) is 5.93. The number of hydrogen-bond donors (Lipinski definition) is 0. The van der Waals surface area contributed by atoms with Gasteiger partial charge in [0.2, 0.25) is 0 Å². The van der Waals surface area contributed by atoms with Crippen LogP contribution >= 0.6 is 11.8 Å². The summed E-state index contributed by atoms with van der Waals surface area (Å²) in [6.45, 7) is 2.27. The van der Waals surface area contributed by atoms with Crippen molar-refractivity contribution in [1.82, 2.24) is 0 Å². The molecule has 0 bridgehead atoms. The van der Waals surface area contributed by atoms with E-state index in [9.17, 15) is 0 Å². The highest BCUT2D eigenvalue weighted by molar-refractivity contribution is 8.03. The molecule has 0 aromatic rings. The molecule has 0 radical (unpaired) electrons. The van der Waals surface area contributed by atoms with Gasteiger partial charge in [0.25, 0.3) is 0 Å². The zero-order valence-corrected chi connectivity index (χ0v) is 8.96. The quantitative estimate of drug-likeness (QED) is 0.572. The zero-order valence-electron chi connectivity index (χ0n) is 8.14. The van der Waals surface area contributed by atoms with Gasteiger partial charge in [-0.25, -0.2) is 0 Å². The van der Waals surface area contributed by atoms with E-state index < -0.39 is 0 Å². The molecule has 1 aliphatic rings. The van der Waals surface area contributed by atoms with Crippen molar-refractivity contribution in [3.63, 3.8) is 0 Å². The summed E-state index contributed by atoms with van der Waals surface area (Å²) < 4.78 is 0. The van der Waals surface area contributed by atoms with Crippen molar-refractivity contribution in [2.75, 3.05) is 5.75 Å². The standard InChI is InChI=1S/C11H20S/c1-2-3-4-5-6-8-11-9-7-10-12-11/h8H,2-7,9-10H2,1H3/b11-8-. The first-order valence-corrected chi connectivity index (χ1v) is 6.24. The molecule has 12 heavy (non-hydrogen) atoms. The van der Waals surface area contributed by atoms with Crippen LogP contribution in [-0.2, 0) is 0 Å². The molecule has 1 saturated heterocycles. The van der Waals surface area contributed by atoms with Crippen LogP contribution in [0.1, 0.15) is 51.9 Å². The lowest BCUT2D eigenvalue weighted by Gasteiger charge is -1.96. The van der Waals surface area contributed by atoms with E-state index in [0.29, 0.717) is 0 Å². The molecule has 0 amide bonds. The van der Waals surface area contributed by atoms with Gasteiger partial charge in [0, 0.05) is 0 Å². The molecule has 0 aliphatic carbocycles. The smallest absolute Gasteiger partial charge is 0.00200 e. The third-order valence-electron chi connectivity index (χ3n) is 2.28. The van der Waals surface area contributed by atoms with Gasteiger partial charge in [-0.15, -0.1) is 11.8 Å². The van der Waals surface area contributed by atoms with Gasteiger partial charge in [0.05, 0.1) is 0 Å². The Hall–Kier alpha value is 0.0900. The molecular weight excluding hydrogens is 164 g/mol. The van der Waals surface area contributed by atoms with E-state index in [2.05, 4.69) is 24.8 Å². The maximum Gasteiger partial charge on any atom is -0.00200 e. The van der Waals surface area contributed by atoms with Crippen LogP contribution in [-0.4, -0.2) is 5.75 Å². The Bertz CT molecular complexity index is 130. The van der Waals surface area contributed by atoms with Crippen molar-refractivity contribution in [3.05, 3.63) is 11.0 Å². The second-order valence-electron chi connectivity index (χ2n) is 3.47. The highest BCUT2D eigenvalue weighted by atomic mass is 32.2. The number of unbranched alkanes of at least 4 members (excludes halogenated alkanes) is 4. The largest absolute Gasteiger partial charge is 0.131 e. The Labute approximate surface area is 80.8 Å². The predicted octanol–water partition coefficient (Wildman–Crippen LogP) is 4.37. The van der Waals surface area contributed by atoms with Crippen molar-refractivity contribution in [2.24, 2.45) is 0 Å². The Morgan fingerprint density at radius 2 is 2.25 bits per heavy atom. The number of thioether (sulfide) groups is 1. The first kappa shape index (κ1) is 10.2. The van der Waals surface area contributed by atoms with Gasteiger partial charge in [0.15, 0.2) is 0 Å². The van der Waals surface area contributed by atoms with Crippen LogP contribution in [0.4, 0.5) is 0 Å². The fourth-order valence-electron chi connectivity index (χ4n) is 1.52. The number of rotatable bonds is 5. The lowest BCUT2D eigenvalue weighted by atomic mass is 10.1. The third kappa shape index (κ3) is 4.20. The summed E-state index contributed by atoms with van der Waals surface area (Å²) in [6, 6.07) is 0. The Kier molecular flexibility index (Phi) is 5.59. The van der Waals surface area contributed by atoms with Gasteiger partial charge in [-0.3, -0.25) is 0 Å². The molecule has 0 N–H and O–H groups in total. The van der Waals surface area contributed by atoms with Crippen molar-refractivity contribution >= 4 is 11.8 Å². The van der Waals surface area contributed by atoms with E-state index >= 15 is 0 Å². The maximum atomic E-state index is 2.47. The van der Waals surface area contributed by atoms with E-state index in [1.807, 2.05) is 0 Å². The molecule has 1 heteroatoms. The number of hydrogen-bond acceptors (Lipinski definition) is 1. The molecule has 0 atom stereocenters. The van der Waals surface area contributed by atoms with Crippen LogP contribution in [0.3, 0.4) is 0 Å². The van der Waals surface area contributed by atoms with Crippen LogP contribution in [0.2, 0.25) is 0 Å². The zero-order chi connectivity index (χ0) is 8.65. The minimum Gasteiger partial charge on any atom is -0.131 e. The summed E-state index contributed by atoms with van der Waals surface area (Å²) >= 11 is 2.07. The van der Waals surface area contributed by atoms with Crippen LogP contribution in [0.15, 0.2) is 11.0 Å². The van der Waals surface area contributed by atoms with Crippen LogP contribution in [0.5, 0.6) is 0 Å². The topological polar surface area (TPSA) is 0 Å². The monoisotopic (exact) mass is 184 g/mol. The Morgan fingerprint density at radius 1 is 1.33 bits per heavy atom. The fourth-order valence-corrected chi connectivity index (χ4v) is 2.59. The van der Waals surface area contributed by atoms with Crippen molar-refractivity contribution in [3.8, 4) is 0 Å². The highest BCUT2D eigenvalue weighted by Crippen LogP contribution is 2.30. The normalized spacial score (nSPS) is 20.6.